The third kappa shape index (κ3) is 3.26. The van der Waals surface area contributed by atoms with Crippen molar-refractivity contribution >= 4 is 28.6 Å². The van der Waals surface area contributed by atoms with Gasteiger partial charge in [0.2, 0.25) is 11.8 Å². The number of hydrogen-bond acceptors (Lipinski definition) is 6. The Bertz CT molecular complexity index is 891. The Kier molecular flexibility index (Phi) is 4.53. The van der Waals surface area contributed by atoms with Crippen LogP contribution >= 0.6 is 11.8 Å². The van der Waals surface area contributed by atoms with Crippen molar-refractivity contribution in [3.05, 3.63) is 47.6 Å². The van der Waals surface area contributed by atoms with Gasteiger partial charge in [-0.05, 0) is 19.1 Å². The molecular formula is C17H18N4O2S. The smallest absolute Gasteiger partial charge is 0.249 e. The average Bonchev–Trinajstić information content (AvgIpc) is 3.04. The van der Waals surface area contributed by atoms with Crippen molar-refractivity contribution in [2.75, 3.05) is 0 Å². The second kappa shape index (κ2) is 6.60. The first-order valence-corrected chi connectivity index (χ1v) is 8.53. The van der Waals surface area contributed by atoms with Gasteiger partial charge in [0.1, 0.15) is 0 Å². The topological polar surface area (TPSA) is 94.9 Å². The van der Waals surface area contributed by atoms with Gasteiger partial charge in [-0.15, -0.1) is 0 Å². The Morgan fingerprint density at radius 1 is 1.21 bits per heavy atom. The zero-order valence-electron chi connectivity index (χ0n) is 13.7. The lowest BCUT2D eigenvalue weighted by Gasteiger charge is -2.09. The molecule has 1 atom stereocenters. The van der Waals surface area contributed by atoms with Gasteiger partial charge in [-0.3, -0.25) is 4.79 Å². The van der Waals surface area contributed by atoms with Crippen LogP contribution in [0.2, 0.25) is 0 Å². The van der Waals surface area contributed by atoms with Crippen LogP contribution in [0.5, 0.6) is 0 Å². The third-order valence-electron chi connectivity index (χ3n) is 3.58. The number of nitrogens with zero attached hydrogens (tertiary/aromatic N) is 3. The van der Waals surface area contributed by atoms with E-state index in [0.29, 0.717) is 22.3 Å². The Morgan fingerprint density at radius 2 is 1.96 bits per heavy atom. The van der Waals surface area contributed by atoms with E-state index in [1.54, 1.807) is 6.07 Å². The quantitative estimate of drug-likeness (QED) is 0.710. The Hall–Kier alpha value is -2.41. The highest BCUT2D eigenvalue weighted by atomic mass is 32.2. The SMILES string of the molecule is CC(C)c1noc([C@@H](C)Sc2cc(C(N)=O)c3ccccc3n2)n1. The number of para-hydroxylation sites is 1. The van der Waals surface area contributed by atoms with Gasteiger partial charge in [0.25, 0.3) is 0 Å². The fourth-order valence-electron chi connectivity index (χ4n) is 2.29. The molecule has 2 heterocycles. The third-order valence-corrected chi connectivity index (χ3v) is 4.58. The highest BCUT2D eigenvalue weighted by molar-refractivity contribution is 7.99. The van der Waals surface area contributed by atoms with Gasteiger partial charge in [0.15, 0.2) is 5.82 Å². The molecule has 124 valence electrons. The first kappa shape index (κ1) is 16.4. The predicted octanol–water partition coefficient (Wildman–Crippen LogP) is 3.69. The highest BCUT2D eigenvalue weighted by Crippen LogP contribution is 2.35. The summed E-state index contributed by atoms with van der Waals surface area (Å²) in [5.74, 6) is 0.962. The number of thioether (sulfide) groups is 1. The Balaban J connectivity index is 1.92. The van der Waals surface area contributed by atoms with E-state index in [0.717, 1.165) is 10.9 Å². The van der Waals surface area contributed by atoms with Crippen LogP contribution < -0.4 is 5.73 Å². The number of carbonyl (C=O) groups excluding carboxylic acids is 1. The molecule has 6 nitrogen and oxygen atoms in total. The monoisotopic (exact) mass is 342 g/mol. The van der Waals surface area contributed by atoms with Crippen LogP contribution in [-0.4, -0.2) is 21.0 Å². The van der Waals surface area contributed by atoms with E-state index in [-0.39, 0.29) is 11.2 Å². The van der Waals surface area contributed by atoms with Crippen LogP contribution in [0.25, 0.3) is 10.9 Å². The van der Waals surface area contributed by atoms with Crippen LogP contribution in [0.3, 0.4) is 0 Å². The maximum absolute atomic E-state index is 11.7. The number of benzene rings is 1. The summed E-state index contributed by atoms with van der Waals surface area (Å²) in [5, 5.41) is 5.34. The van der Waals surface area contributed by atoms with Crippen molar-refractivity contribution in [1.82, 2.24) is 15.1 Å². The number of amides is 1. The summed E-state index contributed by atoms with van der Waals surface area (Å²) in [5.41, 5.74) is 6.71. The second-order valence-electron chi connectivity index (χ2n) is 5.80. The molecule has 3 rings (SSSR count). The van der Waals surface area contributed by atoms with Crippen LogP contribution in [0, 0.1) is 0 Å². The molecule has 0 bridgehead atoms. The summed E-state index contributed by atoms with van der Waals surface area (Å²) in [6.45, 7) is 5.98. The van der Waals surface area contributed by atoms with E-state index in [2.05, 4.69) is 15.1 Å². The standard InChI is InChI=1S/C17H18N4O2S/c1-9(2)16-20-17(23-21-16)10(3)24-14-8-12(15(18)22)11-6-4-5-7-13(11)19-14/h4-10H,1-3H3,(H2,18,22)/t10-/m1/s1. The molecule has 0 aliphatic heterocycles. The fourth-order valence-corrected chi connectivity index (χ4v) is 3.19. The molecule has 0 spiro atoms. The van der Waals surface area contributed by atoms with Gasteiger partial charge in [-0.1, -0.05) is 49.0 Å². The van der Waals surface area contributed by atoms with E-state index in [1.807, 2.05) is 45.0 Å². The van der Waals surface area contributed by atoms with E-state index in [1.165, 1.54) is 11.8 Å². The molecule has 7 heteroatoms. The van der Waals surface area contributed by atoms with Crippen molar-refractivity contribution in [3.8, 4) is 0 Å². The normalized spacial score (nSPS) is 12.7. The number of pyridine rings is 1. The molecular weight excluding hydrogens is 324 g/mol. The minimum atomic E-state index is -0.469. The van der Waals surface area contributed by atoms with Crippen molar-refractivity contribution in [2.45, 2.75) is 37.0 Å². The summed E-state index contributed by atoms with van der Waals surface area (Å²) < 4.78 is 5.32. The minimum absolute atomic E-state index is 0.0839. The maximum atomic E-state index is 11.7. The number of rotatable bonds is 5. The Labute approximate surface area is 143 Å². The maximum Gasteiger partial charge on any atom is 0.249 e. The first-order valence-electron chi connectivity index (χ1n) is 7.65. The average molecular weight is 342 g/mol. The van der Waals surface area contributed by atoms with Gasteiger partial charge >= 0.3 is 0 Å². The predicted molar refractivity (Wildman–Crippen MR) is 92.9 cm³/mol. The number of fused-ring (bicyclic) bond motifs is 1. The number of carbonyl (C=O) groups is 1. The molecule has 0 aliphatic carbocycles. The van der Waals surface area contributed by atoms with E-state index < -0.39 is 5.91 Å². The molecule has 0 saturated carbocycles. The molecule has 1 aromatic carbocycles. The molecule has 0 radical (unpaired) electrons. The summed E-state index contributed by atoms with van der Waals surface area (Å²) in [4.78, 5) is 20.7. The minimum Gasteiger partial charge on any atom is -0.366 e. The van der Waals surface area contributed by atoms with Crippen molar-refractivity contribution in [1.29, 1.82) is 0 Å². The van der Waals surface area contributed by atoms with Crippen LogP contribution in [0.4, 0.5) is 0 Å². The van der Waals surface area contributed by atoms with Crippen LogP contribution in [0.15, 0.2) is 39.9 Å². The summed E-state index contributed by atoms with van der Waals surface area (Å²) in [7, 11) is 0. The molecule has 0 aliphatic rings. The molecule has 0 unspecified atom stereocenters. The summed E-state index contributed by atoms with van der Waals surface area (Å²) in [6, 6.07) is 9.15. The molecule has 3 aromatic rings. The summed E-state index contributed by atoms with van der Waals surface area (Å²) in [6.07, 6.45) is 0. The number of aromatic nitrogens is 3. The zero-order chi connectivity index (χ0) is 17.3. The molecule has 1 amide bonds. The lowest BCUT2D eigenvalue weighted by Crippen LogP contribution is -2.12. The largest absolute Gasteiger partial charge is 0.366 e. The van der Waals surface area contributed by atoms with Gasteiger partial charge in [0, 0.05) is 11.3 Å². The van der Waals surface area contributed by atoms with E-state index in [4.69, 9.17) is 10.3 Å². The molecule has 2 aromatic heterocycles. The molecule has 24 heavy (non-hydrogen) atoms. The number of primary amides is 1. The van der Waals surface area contributed by atoms with E-state index >= 15 is 0 Å². The number of nitrogens with two attached hydrogens (primary N) is 1. The molecule has 0 saturated heterocycles. The van der Waals surface area contributed by atoms with Gasteiger partial charge in [0.05, 0.1) is 21.4 Å². The van der Waals surface area contributed by atoms with Gasteiger partial charge in [-0.2, -0.15) is 4.98 Å². The zero-order valence-corrected chi connectivity index (χ0v) is 14.5. The molecule has 2 N–H and O–H groups in total. The van der Waals surface area contributed by atoms with Crippen LogP contribution in [-0.2, 0) is 0 Å². The van der Waals surface area contributed by atoms with Gasteiger partial charge in [-0.25, -0.2) is 4.98 Å². The van der Waals surface area contributed by atoms with Crippen molar-refractivity contribution < 1.29 is 9.32 Å². The lowest BCUT2D eigenvalue weighted by molar-refractivity contribution is 0.100. The lowest BCUT2D eigenvalue weighted by atomic mass is 10.1. The van der Waals surface area contributed by atoms with Crippen molar-refractivity contribution in [2.24, 2.45) is 5.73 Å². The van der Waals surface area contributed by atoms with Gasteiger partial charge < -0.3 is 10.3 Å². The highest BCUT2D eigenvalue weighted by Gasteiger charge is 2.19. The summed E-state index contributed by atoms with van der Waals surface area (Å²) >= 11 is 1.45. The fraction of sp³-hybridized carbons (Fsp3) is 0.294. The van der Waals surface area contributed by atoms with E-state index in [9.17, 15) is 4.79 Å². The van der Waals surface area contributed by atoms with Crippen LogP contribution in [0.1, 0.15) is 54.0 Å². The van der Waals surface area contributed by atoms with Crippen molar-refractivity contribution in [3.63, 3.8) is 0 Å². The Morgan fingerprint density at radius 3 is 2.62 bits per heavy atom. The second-order valence-corrected chi connectivity index (χ2v) is 7.16. The first-order chi connectivity index (χ1) is 11.5. The number of hydrogen-bond donors (Lipinski definition) is 1. The molecule has 0 fully saturated rings.